The number of aromatic nitrogens is 1. The van der Waals surface area contributed by atoms with Crippen LogP contribution >= 0.6 is 11.3 Å². The summed E-state index contributed by atoms with van der Waals surface area (Å²) < 4.78 is 0. The SMILES string of the molecule is [c]1scc2ccncc12. The second-order valence-electron chi connectivity index (χ2n) is 1.80. The fourth-order valence-electron chi connectivity index (χ4n) is 0.750. The van der Waals surface area contributed by atoms with Crippen LogP contribution in [0, 0.1) is 5.38 Å². The number of hydrogen-bond donors (Lipinski definition) is 0. The van der Waals surface area contributed by atoms with E-state index in [4.69, 9.17) is 0 Å². The minimum atomic E-state index is 1.11. The van der Waals surface area contributed by atoms with Crippen LogP contribution in [0.25, 0.3) is 10.8 Å². The molecule has 2 heterocycles. The first-order chi connectivity index (χ1) is 4.47. The molecule has 2 heteroatoms. The molecule has 43 valence electrons. The molecule has 0 saturated heterocycles. The average Bonchev–Trinajstić information content (AvgIpc) is 2.33. The van der Waals surface area contributed by atoms with Gasteiger partial charge in [0.2, 0.25) is 0 Å². The Morgan fingerprint density at radius 2 is 2.56 bits per heavy atom. The molecule has 0 amide bonds. The van der Waals surface area contributed by atoms with Gasteiger partial charge in [0.05, 0.1) is 5.38 Å². The van der Waals surface area contributed by atoms with Gasteiger partial charge in [-0.1, -0.05) is 0 Å². The van der Waals surface area contributed by atoms with Gasteiger partial charge in [0.1, 0.15) is 0 Å². The average molecular weight is 134 g/mol. The topological polar surface area (TPSA) is 12.9 Å². The molecule has 0 unspecified atom stereocenters. The highest BCUT2D eigenvalue weighted by Crippen LogP contribution is 2.15. The van der Waals surface area contributed by atoms with Crippen molar-refractivity contribution < 1.29 is 0 Å². The van der Waals surface area contributed by atoms with Crippen LogP contribution in [0.4, 0.5) is 0 Å². The second-order valence-corrected chi connectivity index (χ2v) is 2.48. The van der Waals surface area contributed by atoms with E-state index in [0.717, 1.165) is 5.39 Å². The minimum absolute atomic E-state index is 1.11. The summed E-state index contributed by atoms with van der Waals surface area (Å²) in [6, 6.07) is 1.99. The van der Waals surface area contributed by atoms with Gasteiger partial charge in [0, 0.05) is 17.8 Å². The van der Waals surface area contributed by atoms with E-state index in [0.29, 0.717) is 0 Å². The van der Waals surface area contributed by atoms with E-state index >= 15 is 0 Å². The number of fused-ring (bicyclic) bond motifs is 1. The van der Waals surface area contributed by atoms with Crippen molar-refractivity contribution in [1.29, 1.82) is 0 Å². The molecule has 0 N–H and O–H groups in total. The lowest BCUT2D eigenvalue weighted by molar-refractivity contribution is 1.37. The number of thiophene rings is 1. The molecule has 0 aliphatic rings. The van der Waals surface area contributed by atoms with E-state index in [1.807, 2.05) is 12.3 Å². The molecule has 9 heavy (non-hydrogen) atoms. The molecule has 2 aromatic rings. The maximum absolute atomic E-state index is 3.96. The predicted octanol–water partition coefficient (Wildman–Crippen LogP) is 2.10. The fraction of sp³-hybridized carbons (Fsp3) is 0. The van der Waals surface area contributed by atoms with E-state index in [-0.39, 0.29) is 0 Å². The Labute approximate surface area is 57.0 Å². The summed E-state index contributed by atoms with van der Waals surface area (Å²) in [6.07, 6.45) is 3.62. The molecule has 2 rings (SSSR count). The van der Waals surface area contributed by atoms with Crippen LogP contribution in [0.1, 0.15) is 0 Å². The van der Waals surface area contributed by atoms with Crippen molar-refractivity contribution in [3.05, 3.63) is 29.2 Å². The normalized spacial score (nSPS) is 10.2. The van der Waals surface area contributed by atoms with Crippen molar-refractivity contribution in [2.24, 2.45) is 0 Å². The maximum Gasteiger partial charge on any atom is 0.0543 e. The number of rotatable bonds is 0. The van der Waals surface area contributed by atoms with Gasteiger partial charge in [-0.2, -0.15) is 0 Å². The Kier molecular flexibility index (Phi) is 0.993. The lowest BCUT2D eigenvalue weighted by atomic mass is 10.3. The van der Waals surface area contributed by atoms with Gasteiger partial charge in [-0.25, -0.2) is 0 Å². The first-order valence-electron chi connectivity index (χ1n) is 2.66. The lowest BCUT2D eigenvalue weighted by Crippen LogP contribution is -1.65. The summed E-state index contributed by atoms with van der Waals surface area (Å²) in [5, 5.41) is 7.51. The summed E-state index contributed by atoms with van der Waals surface area (Å²) >= 11 is 1.59. The summed E-state index contributed by atoms with van der Waals surface area (Å²) in [5.41, 5.74) is 0. The van der Waals surface area contributed by atoms with Crippen molar-refractivity contribution >= 4 is 22.1 Å². The van der Waals surface area contributed by atoms with Gasteiger partial charge in [0.25, 0.3) is 0 Å². The molecule has 0 aliphatic heterocycles. The van der Waals surface area contributed by atoms with E-state index in [9.17, 15) is 0 Å². The smallest absolute Gasteiger partial charge is 0.0543 e. The van der Waals surface area contributed by atoms with Crippen molar-refractivity contribution in [2.75, 3.05) is 0 Å². The summed E-state index contributed by atoms with van der Waals surface area (Å²) in [7, 11) is 0. The van der Waals surface area contributed by atoms with Crippen molar-refractivity contribution in [2.45, 2.75) is 0 Å². The van der Waals surface area contributed by atoms with Gasteiger partial charge < -0.3 is 0 Å². The highest BCUT2D eigenvalue weighted by molar-refractivity contribution is 7.08. The van der Waals surface area contributed by atoms with E-state index in [2.05, 4.69) is 15.7 Å². The Hall–Kier alpha value is -0.890. The van der Waals surface area contributed by atoms with Crippen LogP contribution in [0.3, 0.4) is 0 Å². The van der Waals surface area contributed by atoms with E-state index in [1.54, 1.807) is 17.5 Å². The Bertz CT molecular complexity index is 283. The Morgan fingerprint density at radius 1 is 1.56 bits per heavy atom. The molecular weight excluding hydrogens is 130 g/mol. The lowest BCUT2D eigenvalue weighted by Gasteiger charge is -1.81. The predicted molar refractivity (Wildman–Crippen MR) is 38.5 cm³/mol. The first-order valence-corrected chi connectivity index (χ1v) is 3.54. The second kappa shape index (κ2) is 1.81. The van der Waals surface area contributed by atoms with Crippen LogP contribution in [-0.4, -0.2) is 4.98 Å². The van der Waals surface area contributed by atoms with Gasteiger partial charge in [-0.05, 0) is 16.8 Å². The summed E-state index contributed by atoms with van der Waals surface area (Å²) in [6.45, 7) is 0. The summed E-state index contributed by atoms with van der Waals surface area (Å²) in [4.78, 5) is 3.96. The first kappa shape index (κ1) is 4.94. The molecule has 0 spiro atoms. The summed E-state index contributed by atoms with van der Waals surface area (Å²) in [5.74, 6) is 0. The zero-order valence-corrected chi connectivity index (χ0v) is 5.48. The van der Waals surface area contributed by atoms with Gasteiger partial charge in [0.15, 0.2) is 0 Å². The molecule has 2 aromatic heterocycles. The van der Waals surface area contributed by atoms with Crippen LogP contribution < -0.4 is 0 Å². The van der Waals surface area contributed by atoms with Crippen LogP contribution in [0.2, 0.25) is 0 Å². The third kappa shape index (κ3) is 0.715. The molecule has 0 saturated carbocycles. The van der Waals surface area contributed by atoms with Crippen molar-refractivity contribution in [1.82, 2.24) is 4.98 Å². The number of hydrogen-bond acceptors (Lipinski definition) is 2. The highest BCUT2D eigenvalue weighted by Gasteiger charge is 1.89. The molecule has 0 bridgehead atoms. The molecule has 0 fully saturated rings. The Morgan fingerprint density at radius 3 is 3.44 bits per heavy atom. The monoisotopic (exact) mass is 134 g/mol. The Balaban J connectivity index is 2.95. The molecule has 1 nitrogen and oxygen atoms in total. The van der Waals surface area contributed by atoms with Gasteiger partial charge in [-0.15, -0.1) is 11.3 Å². The third-order valence-corrected chi connectivity index (χ3v) is 1.92. The molecular formula is C7H4NS. The van der Waals surface area contributed by atoms with Gasteiger partial charge in [-0.3, -0.25) is 4.98 Å². The van der Waals surface area contributed by atoms with Crippen LogP contribution in [0.5, 0.6) is 0 Å². The molecule has 1 radical (unpaired) electrons. The maximum atomic E-state index is 3.96. The molecule has 0 aromatic carbocycles. The minimum Gasteiger partial charge on any atom is -0.264 e. The standard InChI is InChI=1S/C7H4NS/c1-2-8-3-7-5-9-4-6(1)7/h1-4H. The fourth-order valence-corrected chi connectivity index (χ4v) is 1.44. The van der Waals surface area contributed by atoms with Crippen molar-refractivity contribution in [3.8, 4) is 0 Å². The van der Waals surface area contributed by atoms with Crippen LogP contribution in [-0.2, 0) is 0 Å². The third-order valence-electron chi connectivity index (χ3n) is 1.21. The van der Waals surface area contributed by atoms with E-state index < -0.39 is 0 Å². The zero-order valence-electron chi connectivity index (χ0n) is 4.66. The quantitative estimate of drug-likeness (QED) is 0.537. The number of nitrogens with zero attached hydrogens (tertiary/aromatic N) is 1. The van der Waals surface area contributed by atoms with E-state index in [1.165, 1.54) is 5.39 Å². The van der Waals surface area contributed by atoms with Gasteiger partial charge >= 0.3 is 0 Å². The number of pyridine rings is 1. The zero-order chi connectivity index (χ0) is 6.10. The van der Waals surface area contributed by atoms with Crippen LogP contribution in [0.15, 0.2) is 23.8 Å². The highest BCUT2D eigenvalue weighted by atomic mass is 32.1. The molecule has 0 aliphatic carbocycles. The molecule has 0 atom stereocenters. The largest absolute Gasteiger partial charge is 0.264 e. The van der Waals surface area contributed by atoms with Crippen molar-refractivity contribution in [3.63, 3.8) is 0 Å².